The number of halogens is 1. The van der Waals surface area contributed by atoms with Crippen molar-refractivity contribution < 1.29 is 14.0 Å². The quantitative estimate of drug-likeness (QED) is 0.568. The maximum Gasteiger partial charge on any atom is 0.253 e. The minimum absolute atomic E-state index is 0.105. The highest BCUT2D eigenvalue weighted by atomic mass is 32.2. The molecule has 0 spiro atoms. The number of nitrogens with one attached hydrogen (secondary N) is 2. The van der Waals surface area contributed by atoms with E-state index in [1.54, 1.807) is 48.0 Å². The second-order valence-corrected chi connectivity index (χ2v) is 7.94. The molecule has 0 radical (unpaired) electrons. The van der Waals surface area contributed by atoms with E-state index in [2.05, 4.69) is 20.8 Å². The van der Waals surface area contributed by atoms with Crippen molar-refractivity contribution in [3.05, 3.63) is 59.9 Å². The first-order chi connectivity index (χ1) is 14.5. The van der Waals surface area contributed by atoms with Crippen LogP contribution in [-0.2, 0) is 11.8 Å². The number of rotatable bonds is 7. The average molecular weight is 425 g/mol. The van der Waals surface area contributed by atoms with Gasteiger partial charge in [-0.3, -0.25) is 9.59 Å². The number of benzene rings is 2. The lowest BCUT2D eigenvalue weighted by molar-refractivity contribution is -0.113. The van der Waals surface area contributed by atoms with Gasteiger partial charge < -0.3 is 15.2 Å². The van der Waals surface area contributed by atoms with Crippen molar-refractivity contribution in [2.45, 2.75) is 24.0 Å². The molecule has 1 aliphatic carbocycles. The zero-order valence-corrected chi connectivity index (χ0v) is 17.1. The van der Waals surface area contributed by atoms with Crippen molar-refractivity contribution in [2.75, 3.05) is 11.1 Å². The van der Waals surface area contributed by atoms with E-state index < -0.39 is 0 Å². The standard InChI is InChI=1S/C21H20FN5O2S/c1-27-19(13-6-8-14(22)9-7-13)25-26-21(27)30-12-18(28)24-17-5-3-2-4-16(17)20(29)23-15-10-11-15/h2-9,15H,10-12H2,1H3,(H,23,29)(H,24,28). The summed E-state index contributed by atoms with van der Waals surface area (Å²) < 4.78 is 14.9. The fourth-order valence-electron chi connectivity index (χ4n) is 2.89. The van der Waals surface area contributed by atoms with E-state index in [-0.39, 0.29) is 29.4 Å². The van der Waals surface area contributed by atoms with Crippen LogP contribution in [0.5, 0.6) is 0 Å². The summed E-state index contributed by atoms with van der Waals surface area (Å²) in [6.45, 7) is 0. The molecule has 4 rings (SSSR count). The molecule has 0 aliphatic heterocycles. The number of thioether (sulfide) groups is 1. The number of hydrogen-bond donors (Lipinski definition) is 2. The number of para-hydroxylation sites is 1. The SMILES string of the molecule is Cn1c(SCC(=O)Nc2ccccc2C(=O)NC2CC2)nnc1-c1ccc(F)cc1. The van der Waals surface area contributed by atoms with E-state index in [0.29, 0.717) is 22.2 Å². The van der Waals surface area contributed by atoms with Gasteiger partial charge >= 0.3 is 0 Å². The fraction of sp³-hybridized carbons (Fsp3) is 0.238. The second-order valence-electron chi connectivity index (χ2n) is 7.00. The van der Waals surface area contributed by atoms with Crippen LogP contribution < -0.4 is 10.6 Å². The molecule has 2 amide bonds. The molecule has 0 unspecified atom stereocenters. The molecule has 3 aromatic rings. The van der Waals surface area contributed by atoms with E-state index in [0.717, 1.165) is 18.4 Å². The van der Waals surface area contributed by atoms with Crippen LogP contribution in [0.15, 0.2) is 53.7 Å². The molecular formula is C21H20FN5O2S. The van der Waals surface area contributed by atoms with Gasteiger partial charge in [0.25, 0.3) is 5.91 Å². The van der Waals surface area contributed by atoms with Gasteiger partial charge in [-0.15, -0.1) is 10.2 Å². The Bertz CT molecular complexity index is 1080. The van der Waals surface area contributed by atoms with Crippen LogP contribution >= 0.6 is 11.8 Å². The Labute approximate surface area is 177 Å². The van der Waals surface area contributed by atoms with E-state index in [9.17, 15) is 14.0 Å². The first-order valence-electron chi connectivity index (χ1n) is 9.49. The normalized spacial score (nSPS) is 13.1. The molecule has 2 N–H and O–H groups in total. The molecule has 1 aromatic heterocycles. The van der Waals surface area contributed by atoms with Gasteiger partial charge in [0, 0.05) is 18.7 Å². The molecule has 0 saturated heterocycles. The Morgan fingerprint density at radius 1 is 1.13 bits per heavy atom. The number of aromatic nitrogens is 3. The molecule has 154 valence electrons. The predicted octanol–water partition coefficient (Wildman–Crippen LogP) is 3.24. The fourth-order valence-corrected chi connectivity index (χ4v) is 3.60. The van der Waals surface area contributed by atoms with E-state index in [1.165, 1.54) is 23.9 Å². The third-order valence-corrected chi connectivity index (χ3v) is 5.65. The van der Waals surface area contributed by atoms with Crippen molar-refractivity contribution >= 4 is 29.3 Å². The monoisotopic (exact) mass is 425 g/mol. The lowest BCUT2D eigenvalue weighted by atomic mass is 10.1. The minimum atomic E-state index is -0.321. The second kappa shape index (κ2) is 8.66. The van der Waals surface area contributed by atoms with Crippen LogP contribution in [-0.4, -0.2) is 38.4 Å². The Hall–Kier alpha value is -3.20. The van der Waals surface area contributed by atoms with Crippen molar-refractivity contribution in [2.24, 2.45) is 7.05 Å². The van der Waals surface area contributed by atoms with Gasteiger partial charge in [0.05, 0.1) is 17.0 Å². The lowest BCUT2D eigenvalue weighted by Crippen LogP contribution is -2.27. The van der Waals surface area contributed by atoms with Crippen molar-refractivity contribution in [1.29, 1.82) is 0 Å². The van der Waals surface area contributed by atoms with E-state index >= 15 is 0 Å². The molecule has 0 atom stereocenters. The van der Waals surface area contributed by atoms with Crippen molar-refractivity contribution in [3.8, 4) is 11.4 Å². The number of amides is 2. The maximum absolute atomic E-state index is 13.1. The van der Waals surface area contributed by atoms with Crippen LogP contribution in [0.1, 0.15) is 23.2 Å². The number of hydrogen-bond acceptors (Lipinski definition) is 5. The summed E-state index contributed by atoms with van der Waals surface area (Å²) in [7, 11) is 1.79. The van der Waals surface area contributed by atoms with Gasteiger partial charge in [0.1, 0.15) is 5.82 Å². The lowest BCUT2D eigenvalue weighted by Gasteiger charge is -2.11. The molecule has 0 bridgehead atoms. The molecule has 2 aromatic carbocycles. The smallest absolute Gasteiger partial charge is 0.253 e. The zero-order chi connectivity index (χ0) is 21.1. The highest BCUT2D eigenvalue weighted by Crippen LogP contribution is 2.24. The highest BCUT2D eigenvalue weighted by molar-refractivity contribution is 7.99. The molecule has 1 aliphatic rings. The number of anilines is 1. The largest absolute Gasteiger partial charge is 0.349 e. The molecule has 9 heteroatoms. The van der Waals surface area contributed by atoms with Crippen LogP contribution in [0.2, 0.25) is 0 Å². The first-order valence-corrected chi connectivity index (χ1v) is 10.5. The van der Waals surface area contributed by atoms with E-state index in [1.807, 2.05) is 0 Å². The molecule has 7 nitrogen and oxygen atoms in total. The molecule has 30 heavy (non-hydrogen) atoms. The van der Waals surface area contributed by atoms with Gasteiger partial charge in [-0.25, -0.2) is 4.39 Å². The molecule has 1 heterocycles. The third kappa shape index (κ3) is 4.68. The van der Waals surface area contributed by atoms with Gasteiger partial charge in [-0.05, 0) is 49.2 Å². The number of nitrogens with zero attached hydrogens (tertiary/aromatic N) is 3. The number of carbonyl (C=O) groups excluding carboxylic acids is 2. The summed E-state index contributed by atoms with van der Waals surface area (Å²) in [4.78, 5) is 24.8. The Kier molecular flexibility index (Phi) is 5.80. The Morgan fingerprint density at radius 3 is 2.60 bits per heavy atom. The Balaban J connectivity index is 1.39. The van der Waals surface area contributed by atoms with Gasteiger partial charge in [-0.1, -0.05) is 23.9 Å². The summed E-state index contributed by atoms with van der Waals surface area (Å²) in [5.74, 6) is -0.0666. The van der Waals surface area contributed by atoms with Crippen LogP contribution in [0.3, 0.4) is 0 Å². The van der Waals surface area contributed by atoms with Gasteiger partial charge in [-0.2, -0.15) is 0 Å². The van der Waals surface area contributed by atoms with Crippen molar-refractivity contribution in [1.82, 2.24) is 20.1 Å². The minimum Gasteiger partial charge on any atom is -0.349 e. The molecular weight excluding hydrogens is 405 g/mol. The summed E-state index contributed by atoms with van der Waals surface area (Å²) in [6.07, 6.45) is 1.99. The summed E-state index contributed by atoms with van der Waals surface area (Å²) >= 11 is 1.23. The van der Waals surface area contributed by atoms with Crippen LogP contribution in [0, 0.1) is 5.82 Å². The van der Waals surface area contributed by atoms with Crippen molar-refractivity contribution in [3.63, 3.8) is 0 Å². The van der Waals surface area contributed by atoms with Crippen LogP contribution in [0.25, 0.3) is 11.4 Å². The highest BCUT2D eigenvalue weighted by Gasteiger charge is 2.25. The molecule has 1 fully saturated rings. The van der Waals surface area contributed by atoms with Gasteiger partial charge in [0.15, 0.2) is 11.0 Å². The number of carbonyl (C=O) groups is 2. The molecule has 1 saturated carbocycles. The van der Waals surface area contributed by atoms with Gasteiger partial charge in [0.2, 0.25) is 5.91 Å². The first kappa shape index (κ1) is 20.1. The summed E-state index contributed by atoms with van der Waals surface area (Å²) in [5.41, 5.74) is 1.66. The average Bonchev–Trinajstić information content (AvgIpc) is 3.48. The zero-order valence-electron chi connectivity index (χ0n) is 16.3. The van der Waals surface area contributed by atoms with E-state index in [4.69, 9.17) is 0 Å². The summed E-state index contributed by atoms with van der Waals surface area (Å²) in [6, 6.07) is 13.2. The Morgan fingerprint density at radius 2 is 1.87 bits per heavy atom. The van der Waals surface area contributed by atoms with Crippen LogP contribution in [0.4, 0.5) is 10.1 Å². The topological polar surface area (TPSA) is 88.9 Å². The maximum atomic E-state index is 13.1. The predicted molar refractivity (Wildman–Crippen MR) is 113 cm³/mol. The summed E-state index contributed by atoms with van der Waals surface area (Å²) in [5, 5.41) is 14.5. The third-order valence-electron chi connectivity index (χ3n) is 4.63.